The van der Waals surface area contributed by atoms with Crippen molar-refractivity contribution in [3.8, 4) is 6.07 Å². The van der Waals surface area contributed by atoms with Crippen molar-refractivity contribution in [3.05, 3.63) is 0 Å². The van der Waals surface area contributed by atoms with Crippen molar-refractivity contribution in [1.29, 1.82) is 5.26 Å². The molecule has 2 aliphatic rings. The lowest BCUT2D eigenvalue weighted by molar-refractivity contribution is 0.0763. The summed E-state index contributed by atoms with van der Waals surface area (Å²) in [6, 6.07) is 3.54. The average Bonchev–Trinajstić information content (AvgIpc) is 3.23. The van der Waals surface area contributed by atoms with Crippen LogP contribution in [0.15, 0.2) is 0 Å². The van der Waals surface area contributed by atoms with E-state index in [1.54, 1.807) is 7.11 Å². The maximum atomic E-state index is 9.47. The third-order valence-electron chi connectivity index (χ3n) is 4.73. The number of nitriles is 1. The lowest BCUT2D eigenvalue weighted by atomic mass is 9.91. The van der Waals surface area contributed by atoms with Crippen molar-refractivity contribution in [2.75, 3.05) is 26.8 Å². The molecule has 4 heteroatoms. The number of rotatable bonds is 7. The average molecular weight is 279 g/mol. The monoisotopic (exact) mass is 279 g/mol. The van der Waals surface area contributed by atoms with E-state index in [1.165, 1.54) is 25.7 Å². The molecule has 2 atom stereocenters. The molecule has 20 heavy (non-hydrogen) atoms. The predicted molar refractivity (Wildman–Crippen MR) is 80.4 cm³/mol. The Labute approximate surface area is 123 Å². The molecular formula is C16H29N3O. The Kier molecular flexibility index (Phi) is 5.42. The highest BCUT2D eigenvalue weighted by molar-refractivity contribution is 5.08. The first-order valence-electron chi connectivity index (χ1n) is 7.98. The second-order valence-corrected chi connectivity index (χ2v) is 6.85. The maximum Gasteiger partial charge on any atom is 0.105 e. The van der Waals surface area contributed by atoms with Gasteiger partial charge < -0.3 is 9.64 Å². The third-order valence-corrected chi connectivity index (χ3v) is 4.73. The van der Waals surface area contributed by atoms with Gasteiger partial charge in [-0.1, -0.05) is 0 Å². The molecule has 1 N–H and O–H groups in total. The van der Waals surface area contributed by atoms with E-state index < -0.39 is 0 Å². The van der Waals surface area contributed by atoms with Crippen LogP contribution < -0.4 is 5.32 Å². The highest BCUT2D eigenvalue weighted by Gasteiger charge is 2.35. The van der Waals surface area contributed by atoms with Crippen LogP contribution in [0.2, 0.25) is 0 Å². The fraction of sp³-hybridized carbons (Fsp3) is 0.938. The molecule has 0 radical (unpaired) electrons. The van der Waals surface area contributed by atoms with Gasteiger partial charge in [-0.05, 0) is 65.0 Å². The van der Waals surface area contributed by atoms with E-state index in [4.69, 9.17) is 4.74 Å². The Morgan fingerprint density at radius 3 is 2.50 bits per heavy atom. The molecule has 0 spiro atoms. The van der Waals surface area contributed by atoms with Gasteiger partial charge in [0.1, 0.15) is 5.54 Å². The Hall–Kier alpha value is -0.630. The van der Waals surface area contributed by atoms with Crippen molar-refractivity contribution in [1.82, 2.24) is 10.2 Å². The number of likely N-dealkylation sites (tertiary alicyclic amines) is 1. The van der Waals surface area contributed by atoms with Crippen molar-refractivity contribution < 1.29 is 4.74 Å². The van der Waals surface area contributed by atoms with Crippen molar-refractivity contribution in [2.24, 2.45) is 5.92 Å². The summed E-state index contributed by atoms with van der Waals surface area (Å²) in [6.07, 6.45) is 5.81. The molecule has 0 aromatic carbocycles. The lowest BCUT2D eigenvalue weighted by Gasteiger charge is -2.38. The molecule has 4 nitrogen and oxygen atoms in total. The molecule has 1 heterocycles. The van der Waals surface area contributed by atoms with Gasteiger partial charge in [-0.2, -0.15) is 5.26 Å². The van der Waals surface area contributed by atoms with Gasteiger partial charge in [0.2, 0.25) is 0 Å². The van der Waals surface area contributed by atoms with Gasteiger partial charge in [0.25, 0.3) is 0 Å². The van der Waals surface area contributed by atoms with Crippen molar-refractivity contribution in [3.63, 3.8) is 0 Å². The van der Waals surface area contributed by atoms with E-state index in [2.05, 4.69) is 30.1 Å². The zero-order chi connectivity index (χ0) is 14.6. The van der Waals surface area contributed by atoms with Gasteiger partial charge in [0.05, 0.1) is 6.07 Å². The number of piperidine rings is 1. The zero-order valence-electron chi connectivity index (χ0n) is 13.2. The molecule has 2 fully saturated rings. The van der Waals surface area contributed by atoms with E-state index in [-0.39, 0.29) is 5.54 Å². The molecule has 0 amide bonds. The molecule has 1 saturated heterocycles. The molecule has 0 aromatic heterocycles. The quantitative estimate of drug-likeness (QED) is 0.776. The van der Waals surface area contributed by atoms with E-state index in [1.807, 2.05) is 0 Å². The molecular weight excluding hydrogens is 250 g/mol. The summed E-state index contributed by atoms with van der Waals surface area (Å²) in [7, 11) is 1.79. The maximum absolute atomic E-state index is 9.47. The number of methoxy groups -OCH3 is 1. The molecule has 1 aliphatic carbocycles. The molecule has 114 valence electrons. The van der Waals surface area contributed by atoms with Crippen molar-refractivity contribution in [2.45, 2.75) is 63.6 Å². The third kappa shape index (κ3) is 4.44. The fourth-order valence-corrected chi connectivity index (χ4v) is 3.33. The summed E-state index contributed by atoms with van der Waals surface area (Å²) in [5.74, 6) is 0.718. The normalized spacial score (nSPS) is 25.9. The summed E-state index contributed by atoms with van der Waals surface area (Å²) in [4.78, 5) is 2.54. The molecule has 2 rings (SSSR count). The highest BCUT2D eigenvalue weighted by Crippen LogP contribution is 2.27. The van der Waals surface area contributed by atoms with Crippen LogP contribution in [-0.4, -0.2) is 49.3 Å². The first kappa shape index (κ1) is 15.8. The SMILES string of the molecule is COCC1CCN(C(C)CC(C)(C#N)NC2CC2)CC1. The van der Waals surface area contributed by atoms with Gasteiger partial charge >= 0.3 is 0 Å². The molecule has 1 aliphatic heterocycles. The van der Waals surface area contributed by atoms with Gasteiger partial charge in [0.15, 0.2) is 0 Å². The Morgan fingerprint density at radius 1 is 1.35 bits per heavy atom. The summed E-state index contributed by atoms with van der Waals surface area (Å²) in [6.45, 7) is 7.49. The first-order valence-corrected chi connectivity index (χ1v) is 7.98. The van der Waals surface area contributed by atoms with E-state index in [9.17, 15) is 5.26 Å². The van der Waals surface area contributed by atoms with Crippen LogP contribution in [-0.2, 0) is 4.74 Å². The van der Waals surface area contributed by atoms with E-state index in [0.29, 0.717) is 12.1 Å². The first-order chi connectivity index (χ1) is 9.56. The van der Waals surface area contributed by atoms with Crippen LogP contribution >= 0.6 is 0 Å². The second kappa shape index (κ2) is 6.89. The Bertz CT molecular complexity index is 342. The van der Waals surface area contributed by atoms with Crippen LogP contribution in [0, 0.1) is 17.2 Å². The predicted octanol–water partition coefficient (Wildman–Crippen LogP) is 2.16. The van der Waals surface area contributed by atoms with Gasteiger partial charge in [0, 0.05) is 25.8 Å². The van der Waals surface area contributed by atoms with E-state index in [0.717, 1.165) is 32.0 Å². The van der Waals surface area contributed by atoms with E-state index >= 15 is 0 Å². The molecule has 1 saturated carbocycles. The van der Waals surface area contributed by atoms with Gasteiger partial charge in [-0.25, -0.2) is 0 Å². The molecule has 0 aromatic rings. The van der Waals surface area contributed by atoms with Crippen molar-refractivity contribution >= 4 is 0 Å². The smallest absolute Gasteiger partial charge is 0.105 e. The largest absolute Gasteiger partial charge is 0.384 e. The molecule has 2 unspecified atom stereocenters. The minimum Gasteiger partial charge on any atom is -0.384 e. The number of ether oxygens (including phenoxy) is 1. The number of hydrogen-bond acceptors (Lipinski definition) is 4. The van der Waals surface area contributed by atoms with Crippen LogP contribution in [0.3, 0.4) is 0 Å². The standard InChI is InChI=1S/C16H29N3O/c1-13(10-16(2,12-17)18-15-4-5-15)19-8-6-14(7-9-19)11-20-3/h13-15,18H,4-11H2,1-3H3. The van der Waals surface area contributed by atoms with Crippen LogP contribution in [0.5, 0.6) is 0 Å². The molecule has 0 bridgehead atoms. The van der Waals surface area contributed by atoms with Gasteiger partial charge in [-0.15, -0.1) is 0 Å². The highest BCUT2D eigenvalue weighted by atomic mass is 16.5. The van der Waals surface area contributed by atoms with Gasteiger partial charge in [-0.3, -0.25) is 5.32 Å². The number of nitrogens with zero attached hydrogens (tertiary/aromatic N) is 2. The van der Waals surface area contributed by atoms with Crippen LogP contribution in [0.1, 0.15) is 46.0 Å². The minimum atomic E-state index is -0.371. The lowest BCUT2D eigenvalue weighted by Crippen LogP contribution is -2.49. The summed E-state index contributed by atoms with van der Waals surface area (Å²) in [5.41, 5.74) is -0.371. The Balaban J connectivity index is 1.79. The van der Waals surface area contributed by atoms with Crippen LogP contribution in [0.4, 0.5) is 0 Å². The minimum absolute atomic E-state index is 0.371. The number of hydrogen-bond donors (Lipinski definition) is 1. The second-order valence-electron chi connectivity index (χ2n) is 6.85. The summed E-state index contributed by atoms with van der Waals surface area (Å²) in [5, 5.41) is 13.0. The topological polar surface area (TPSA) is 48.3 Å². The summed E-state index contributed by atoms with van der Waals surface area (Å²) >= 11 is 0. The fourth-order valence-electron chi connectivity index (χ4n) is 3.33. The Morgan fingerprint density at radius 2 is 2.00 bits per heavy atom. The zero-order valence-corrected chi connectivity index (χ0v) is 13.2. The summed E-state index contributed by atoms with van der Waals surface area (Å²) < 4.78 is 5.25. The number of nitrogens with one attached hydrogen (secondary N) is 1. The van der Waals surface area contributed by atoms with Crippen LogP contribution in [0.25, 0.3) is 0 Å².